The van der Waals surface area contributed by atoms with Gasteiger partial charge in [-0.05, 0) is 43.5 Å². The number of oxazole rings is 1. The average molecular weight is 366 g/mol. The number of hydrogen-bond donors (Lipinski definition) is 1. The van der Waals surface area contributed by atoms with Crippen LogP contribution in [0.25, 0.3) is 11.1 Å². The van der Waals surface area contributed by atoms with Crippen LogP contribution in [0.3, 0.4) is 0 Å². The van der Waals surface area contributed by atoms with Gasteiger partial charge in [0.15, 0.2) is 5.58 Å². The molecule has 0 bridgehead atoms. The molecule has 3 aromatic rings. The first-order chi connectivity index (χ1) is 13.1. The topological polar surface area (TPSA) is 73.5 Å². The molecule has 6 heteroatoms. The normalized spacial score (nSPS) is 16.7. The molecule has 0 radical (unpaired) electrons. The van der Waals surface area contributed by atoms with Gasteiger partial charge in [0.1, 0.15) is 0 Å². The van der Waals surface area contributed by atoms with Crippen LogP contribution in [0.2, 0.25) is 0 Å². The molecule has 0 aliphatic carbocycles. The predicted molar refractivity (Wildman–Crippen MR) is 102 cm³/mol. The van der Waals surface area contributed by atoms with E-state index < -0.39 is 5.76 Å². The van der Waals surface area contributed by atoms with Crippen molar-refractivity contribution in [3.05, 3.63) is 69.7 Å². The SMILES string of the molecule is Cc1ccc(Cn2c(=O)oc3ccc(C(=O)NCC4CCCO4)cc32)cc1. The maximum atomic E-state index is 12.5. The molecule has 1 amide bonds. The summed E-state index contributed by atoms with van der Waals surface area (Å²) in [4.78, 5) is 24.7. The van der Waals surface area contributed by atoms with Crippen molar-refractivity contribution in [2.75, 3.05) is 13.2 Å². The lowest BCUT2D eigenvalue weighted by molar-refractivity contribution is 0.0858. The van der Waals surface area contributed by atoms with Gasteiger partial charge >= 0.3 is 5.76 Å². The summed E-state index contributed by atoms with van der Waals surface area (Å²) < 4.78 is 12.4. The van der Waals surface area contributed by atoms with E-state index >= 15 is 0 Å². The molecular formula is C21H22N2O4. The van der Waals surface area contributed by atoms with Crippen LogP contribution in [-0.2, 0) is 11.3 Å². The first-order valence-electron chi connectivity index (χ1n) is 9.19. The molecule has 0 saturated carbocycles. The van der Waals surface area contributed by atoms with Gasteiger partial charge in [0.2, 0.25) is 0 Å². The second-order valence-electron chi connectivity index (χ2n) is 6.97. The summed E-state index contributed by atoms with van der Waals surface area (Å²) in [6, 6.07) is 13.0. The van der Waals surface area contributed by atoms with Gasteiger partial charge < -0.3 is 14.5 Å². The number of rotatable bonds is 5. The van der Waals surface area contributed by atoms with Crippen LogP contribution in [0, 0.1) is 6.92 Å². The molecule has 1 N–H and O–H groups in total. The van der Waals surface area contributed by atoms with E-state index in [1.807, 2.05) is 31.2 Å². The van der Waals surface area contributed by atoms with Crippen molar-refractivity contribution in [2.24, 2.45) is 0 Å². The van der Waals surface area contributed by atoms with Crippen LogP contribution in [-0.4, -0.2) is 29.7 Å². The Morgan fingerprint density at radius 1 is 1.22 bits per heavy atom. The third kappa shape index (κ3) is 3.80. The predicted octanol–water partition coefficient (Wildman–Crippen LogP) is 2.86. The second kappa shape index (κ2) is 7.40. The van der Waals surface area contributed by atoms with Gasteiger partial charge in [-0.3, -0.25) is 9.36 Å². The van der Waals surface area contributed by atoms with E-state index in [-0.39, 0.29) is 12.0 Å². The number of aryl methyl sites for hydroxylation is 1. The number of hydrogen-bond acceptors (Lipinski definition) is 4. The fourth-order valence-electron chi connectivity index (χ4n) is 3.34. The zero-order valence-electron chi connectivity index (χ0n) is 15.2. The number of nitrogens with zero attached hydrogens (tertiary/aromatic N) is 1. The number of nitrogens with one attached hydrogen (secondary N) is 1. The molecule has 140 valence electrons. The molecule has 1 unspecified atom stereocenters. The monoisotopic (exact) mass is 366 g/mol. The highest BCUT2D eigenvalue weighted by atomic mass is 16.5. The van der Waals surface area contributed by atoms with Gasteiger partial charge in [0.25, 0.3) is 5.91 Å². The number of carbonyl (C=O) groups is 1. The third-order valence-electron chi connectivity index (χ3n) is 4.91. The number of benzene rings is 2. The lowest BCUT2D eigenvalue weighted by atomic mass is 10.1. The Balaban J connectivity index is 1.57. The average Bonchev–Trinajstić information content (AvgIpc) is 3.29. The maximum absolute atomic E-state index is 12.5. The van der Waals surface area contributed by atoms with Crippen LogP contribution in [0.4, 0.5) is 0 Å². The largest absolute Gasteiger partial charge is 0.420 e. The van der Waals surface area contributed by atoms with Crippen LogP contribution in [0.15, 0.2) is 51.7 Å². The highest BCUT2D eigenvalue weighted by molar-refractivity contribution is 5.97. The summed E-state index contributed by atoms with van der Waals surface area (Å²) in [7, 11) is 0. The van der Waals surface area contributed by atoms with Gasteiger partial charge in [-0.2, -0.15) is 0 Å². The van der Waals surface area contributed by atoms with E-state index in [9.17, 15) is 9.59 Å². The molecule has 2 heterocycles. The summed E-state index contributed by atoms with van der Waals surface area (Å²) in [5.74, 6) is -0.606. The summed E-state index contributed by atoms with van der Waals surface area (Å²) in [5, 5.41) is 2.91. The van der Waals surface area contributed by atoms with Gasteiger partial charge in [0, 0.05) is 18.7 Å². The van der Waals surface area contributed by atoms with Crippen LogP contribution >= 0.6 is 0 Å². The standard InChI is InChI=1S/C21H22N2O4/c1-14-4-6-15(7-5-14)13-23-18-11-16(8-9-19(18)27-21(23)25)20(24)22-12-17-3-2-10-26-17/h4-9,11,17H,2-3,10,12-13H2,1H3,(H,22,24). The smallest absolute Gasteiger partial charge is 0.408 e. The van der Waals surface area contributed by atoms with E-state index in [2.05, 4.69) is 5.32 Å². The Labute approximate surface area is 156 Å². The Kier molecular flexibility index (Phi) is 4.81. The molecule has 1 aliphatic heterocycles. The van der Waals surface area contributed by atoms with Crippen molar-refractivity contribution >= 4 is 17.0 Å². The fourth-order valence-corrected chi connectivity index (χ4v) is 3.34. The molecule has 4 rings (SSSR count). The van der Waals surface area contributed by atoms with E-state index in [1.54, 1.807) is 22.8 Å². The molecule has 1 saturated heterocycles. The summed E-state index contributed by atoms with van der Waals surface area (Å²) in [5.41, 5.74) is 3.75. The van der Waals surface area contributed by atoms with Crippen molar-refractivity contribution in [1.29, 1.82) is 0 Å². The van der Waals surface area contributed by atoms with Crippen molar-refractivity contribution < 1.29 is 13.9 Å². The van der Waals surface area contributed by atoms with Gasteiger partial charge in [0.05, 0.1) is 18.2 Å². The number of ether oxygens (including phenoxy) is 1. The number of carbonyl (C=O) groups excluding carboxylic acids is 1. The molecular weight excluding hydrogens is 344 g/mol. The minimum absolute atomic E-state index is 0.0892. The highest BCUT2D eigenvalue weighted by Crippen LogP contribution is 2.17. The maximum Gasteiger partial charge on any atom is 0.420 e. The molecule has 1 fully saturated rings. The Morgan fingerprint density at radius 3 is 2.78 bits per heavy atom. The molecule has 1 aromatic heterocycles. The first-order valence-corrected chi connectivity index (χ1v) is 9.19. The van der Waals surface area contributed by atoms with Crippen molar-refractivity contribution in [2.45, 2.75) is 32.4 Å². The fraction of sp³-hybridized carbons (Fsp3) is 0.333. The first kappa shape index (κ1) is 17.5. The molecule has 1 atom stereocenters. The van der Waals surface area contributed by atoms with Crippen molar-refractivity contribution in [3.8, 4) is 0 Å². The number of fused-ring (bicyclic) bond motifs is 1. The second-order valence-corrected chi connectivity index (χ2v) is 6.97. The zero-order chi connectivity index (χ0) is 18.8. The Morgan fingerprint density at radius 2 is 2.04 bits per heavy atom. The Bertz CT molecular complexity index is 1010. The van der Waals surface area contributed by atoms with Gasteiger partial charge in [-0.25, -0.2) is 4.79 Å². The number of amides is 1. The minimum atomic E-state index is -0.428. The van der Waals surface area contributed by atoms with Gasteiger partial charge in [-0.1, -0.05) is 29.8 Å². The highest BCUT2D eigenvalue weighted by Gasteiger charge is 2.18. The van der Waals surface area contributed by atoms with E-state index in [1.165, 1.54) is 0 Å². The van der Waals surface area contributed by atoms with Crippen molar-refractivity contribution in [3.63, 3.8) is 0 Å². The lowest BCUT2D eigenvalue weighted by Gasteiger charge is -2.11. The van der Waals surface area contributed by atoms with Crippen molar-refractivity contribution in [1.82, 2.24) is 9.88 Å². The summed E-state index contributed by atoms with van der Waals surface area (Å²) in [6.07, 6.45) is 2.09. The van der Waals surface area contributed by atoms with E-state index in [0.29, 0.717) is 29.8 Å². The molecule has 1 aliphatic rings. The van der Waals surface area contributed by atoms with Crippen LogP contribution < -0.4 is 11.1 Å². The third-order valence-corrected chi connectivity index (χ3v) is 4.91. The molecule has 6 nitrogen and oxygen atoms in total. The van der Waals surface area contributed by atoms with Crippen LogP contribution in [0.5, 0.6) is 0 Å². The summed E-state index contributed by atoms with van der Waals surface area (Å²) >= 11 is 0. The molecule has 2 aromatic carbocycles. The van der Waals surface area contributed by atoms with E-state index in [0.717, 1.165) is 30.6 Å². The minimum Gasteiger partial charge on any atom is -0.408 e. The Hall–Kier alpha value is -2.86. The van der Waals surface area contributed by atoms with E-state index in [4.69, 9.17) is 9.15 Å². The zero-order valence-corrected chi connectivity index (χ0v) is 15.2. The molecule has 0 spiro atoms. The molecule has 27 heavy (non-hydrogen) atoms. The number of aromatic nitrogens is 1. The lowest BCUT2D eigenvalue weighted by Crippen LogP contribution is -2.31. The quantitative estimate of drug-likeness (QED) is 0.754. The van der Waals surface area contributed by atoms with Crippen LogP contribution in [0.1, 0.15) is 34.3 Å². The van der Waals surface area contributed by atoms with Gasteiger partial charge in [-0.15, -0.1) is 0 Å². The summed E-state index contributed by atoms with van der Waals surface area (Å²) in [6.45, 7) is 3.67.